The maximum Gasteiger partial charge on any atom is 0.123 e. The lowest BCUT2D eigenvalue weighted by Gasteiger charge is -2.60. The smallest absolute Gasteiger partial charge is 0.123 e. The molecule has 3 aliphatic heterocycles. The first-order valence-corrected chi connectivity index (χ1v) is 14.1. The van der Waals surface area contributed by atoms with Crippen LogP contribution in [0.25, 0.3) is 0 Å². The van der Waals surface area contributed by atoms with Crippen molar-refractivity contribution in [1.82, 2.24) is 5.32 Å². The average molecular weight is 504 g/mol. The highest BCUT2D eigenvalue weighted by molar-refractivity contribution is 5.36. The Kier molecular flexibility index (Phi) is 7.31. The van der Waals surface area contributed by atoms with E-state index in [9.17, 15) is 0 Å². The van der Waals surface area contributed by atoms with Gasteiger partial charge in [-0.15, -0.1) is 0 Å². The number of quaternary nitrogens is 1. The molecule has 2 bridgehead atoms. The summed E-state index contributed by atoms with van der Waals surface area (Å²) in [5.74, 6) is 1.97. The van der Waals surface area contributed by atoms with Gasteiger partial charge in [0, 0.05) is 30.5 Å². The third-order valence-electron chi connectivity index (χ3n) is 9.12. The lowest BCUT2D eigenvalue weighted by molar-refractivity contribution is -0.980. The number of hydrogen-bond acceptors (Lipinski definition) is 2. The first-order valence-electron chi connectivity index (χ1n) is 14.1. The summed E-state index contributed by atoms with van der Waals surface area (Å²) in [6, 6.07) is 43.0. The van der Waals surface area contributed by atoms with Crippen molar-refractivity contribution in [3.8, 4) is 5.75 Å². The molecule has 194 valence electrons. The third-order valence-corrected chi connectivity index (χ3v) is 9.12. The standard InChI is InChI=1S/C35H39N2O/c1-38-32-20-12-11-19-31(32)25-36-34-30-21-23-37(24-22-30,26-27-13-5-2-6-14-27)35(34)33(28-15-7-3-8-16-28)29-17-9-4-10-18-29/h2-20,30,33-36H,21-26H2,1H3/q+1/t30?,34-,35-,37?/m0/s1. The van der Waals surface area contributed by atoms with Crippen LogP contribution in [0, 0.1) is 5.92 Å². The van der Waals surface area contributed by atoms with E-state index < -0.39 is 0 Å². The fourth-order valence-corrected chi connectivity index (χ4v) is 7.38. The number of methoxy groups -OCH3 is 1. The molecule has 2 atom stereocenters. The fourth-order valence-electron chi connectivity index (χ4n) is 7.38. The van der Waals surface area contributed by atoms with Gasteiger partial charge in [0.25, 0.3) is 0 Å². The molecule has 0 amide bonds. The maximum absolute atomic E-state index is 5.72. The van der Waals surface area contributed by atoms with E-state index in [2.05, 4.69) is 121 Å². The van der Waals surface area contributed by atoms with E-state index in [1.165, 1.54) is 48.2 Å². The van der Waals surface area contributed by atoms with Gasteiger partial charge < -0.3 is 14.5 Å². The first kappa shape index (κ1) is 24.9. The van der Waals surface area contributed by atoms with Gasteiger partial charge in [0.15, 0.2) is 0 Å². The lowest BCUT2D eigenvalue weighted by atomic mass is 9.68. The number of hydrogen-bond donors (Lipinski definition) is 1. The molecule has 0 radical (unpaired) electrons. The van der Waals surface area contributed by atoms with Crippen LogP contribution in [0.4, 0.5) is 0 Å². The number of rotatable bonds is 9. The van der Waals surface area contributed by atoms with E-state index in [1.54, 1.807) is 7.11 Å². The van der Waals surface area contributed by atoms with Crippen molar-refractivity contribution in [2.75, 3.05) is 20.2 Å². The lowest BCUT2D eigenvalue weighted by Crippen LogP contribution is -2.73. The van der Waals surface area contributed by atoms with Crippen molar-refractivity contribution in [3.05, 3.63) is 138 Å². The van der Waals surface area contributed by atoms with Crippen molar-refractivity contribution in [2.24, 2.45) is 5.92 Å². The Labute approximate surface area is 227 Å². The highest BCUT2D eigenvalue weighted by Crippen LogP contribution is 2.47. The summed E-state index contributed by atoms with van der Waals surface area (Å²) in [5, 5.41) is 4.13. The molecule has 3 aliphatic rings. The van der Waals surface area contributed by atoms with E-state index >= 15 is 0 Å². The molecule has 4 aromatic carbocycles. The Morgan fingerprint density at radius 1 is 0.737 bits per heavy atom. The van der Waals surface area contributed by atoms with E-state index in [0.29, 0.717) is 23.9 Å². The van der Waals surface area contributed by atoms with Crippen LogP contribution in [0.2, 0.25) is 0 Å². The quantitative estimate of drug-likeness (QED) is 0.254. The van der Waals surface area contributed by atoms with Crippen molar-refractivity contribution >= 4 is 0 Å². The molecule has 3 heterocycles. The second-order valence-corrected chi connectivity index (χ2v) is 11.2. The topological polar surface area (TPSA) is 21.3 Å². The molecule has 0 aliphatic carbocycles. The molecule has 3 fully saturated rings. The minimum Gasteiger partial charge on any atom is -0.496 e. The monoisotopic (exact) mass is 503 g/mol. The van der Waals surface area contributed by atoms with E-state index in [1.807, 2.05) is 0 Å². The SMILES string of the molecule is COc1ccccc1CN[C@H]1C2CC[N+](Cc3ccccc3)(CC2)[C@H]1C(c1ccccc1)c1ccccc1. The molecule has 1 N–H and O–H groups in total. The second kappa shape index (κ2) is 11.1. The summed E-state index contributed by atoms with van der Waals surface area (Å²) in [4.78, 5) is 0. The summed E-state index contributed by atoms with van der Waals surface area (Å²) in [6.07, 6.45) is 2.56. The largest absolute Gasteiger partial charge is 0.496 e. The predicted molar refractivity (Wildman–Crippen MR) is 155 cm³/mol. The molecule has 7 rings (SSSR count). The highest BCUT2D eigenvalue weighted by atomic mass is 16.5. The van der Waals surface area contributed by atoms with Crippen LogP contribution in [0.15, 0.2) is 115 Å². The summed E-state index contributed by atoms with van der Waals surface area (Å²) < 4.78 is 6.85. The van der Waals surface area contributed by atoms with Crippen LogP contribution in [0.3, 0.4) is 0 Å². The Morgan fingerprint density at radius 2 is 1.29 bits per heavy atom. The van der Waals surface area contributed by atoms with Crippen LogP contribution in [-0.4, -0.2) is 36.8 Å². The number of fused-ring (bicyclic) bond motifs is 3. The van der Waals surface area contributed by atoms with Gasteiger partial charge in [-0.25, -0.2) is 0 Å². The number of para-hydroxylation sites is 1. The molecule has 38 heavy (non-hydrogen) atoms. The van der Waals surface area contributed by atoms with Crippen LogP contribution in [0.1, 0.15) is 41.0 Å². The molecule has 3 heteroatoms. The number of nitrogens with one attached hydrogen (secondary N) is 1. The minimum absolute atomic E-state index is 0.319. The van der Waals surface area contributed by atoms with Gasteiger partial charge in [0.05, 0.1) is 32.2 Å². The zero-order valence-corrected chi connectivity index (χ0v) is 22.4. The molecular weight excluding hydrogens is 464 g/mol. The summed E-state index contributed by atoms with van der Waals surface area (Å²) >= 11 is 0. The van der Waals surface area contributed by atoms with Gasteiger partial charge >= 0.3 is 0 Å². The van der Waals surface area contributed by atoms with Crippen LogP contribution >= 0.6 is 0 Å². The molecule has 3 saturated heterocycles. The third kappa shape index (κ3) is 4.89. The molecule has 0 spiro atoms. The summed E-state index contributed by atoms with van der Waals surface area (Å²) in [7, 11) is 1.77. The van der Waals surface area contributed by atoms with Gasteiger partial charge in [0.2, 0.25) is 0 Å². The molecule has 0 aromatic heterocycles. The summed E-state index contributed by atoms with van der Waals surface area (Å²) in [6.45, 7) is 4.39. The zero-order chi connectivity index (χ0) is 25.8. The Balaban J connectivity index is 1.44. The molecular formula is C35H39N2O+. The molecule has 3 nitrogen and oxygen atoms in total. The normalized spacial score (nSPS) is 24.4. The zero-order valence-electron chi connectivity index (χ0n) is 22.4. The van der Waals surface area contributed by atoms with Gasteiger partial charge in [-0.3, -0.25) is 0 Å². The van der Waals surface area contributed by atoms with Crippen molar-refractivity contribution in [1.29, 1.82) is 0 Å². The minimum atomic E-state index is 0.319. The van der Waals surface area contributed by atoms with E-state index in [0.717, 1.165) is 23.3 Å². The Bertz CT molecular complexity index is 1260. The predicted octanol–water partition coefficient (Wildman–Crippen LogP) is 6.79. The maximum atomic E-state index is 5.72. The molecule has 0 unspecified atom stereocenters. The molecule has 4 aromatic rings. The van der Waals surface area contributed by atoms with Gasteiger partial charge in [0.1, 0.15) is 18.3 Å². The van der Waals surface area contributed by atoms with E-state index in [4.69, 9.17) is 4.74 Å². The van der Waals surface area contributed by atoms with Gasteiger partial charge in [-0.1, -0.05) is 109 Å². The van der Waals surface area contributed by atoms with Crippen molar-refractivity contribution < 1.29 is 9.22 Å². The van der Waals surface area contributed by atoms with Gasteiger partial charge in [-0.05, 0) is 23.1 Å². The number of piperidine rings is 3. The Hall–Kier alpha value is -3.40. The second-order valence-electron chi connectivity index (χ2n) is 11.2. The first-order chi connectivity index (χ1) is 18.8. The van der Waals surface area contributed by atoms with E-state index in [-0.39, 0.29) is 0 Å². The van der Waals surface area contributed by atoms with Crippen molar-refractivity contribution in [2.45, 2.75) is 43.9 Å². The fraction of sp³-hybridized carbons (Fsp3) is 0.314. The summed E-state index contributed by atoms with van der Waals surface area (Å²) in [5.41, 5.74) is 5.52. The Morgan fingerprint density at radius 3 is 1.89 bits per heavy atom. The number of benzene rings is 4. The van der Waals surface area contributed by atoms with Crippen LogP contribution < -0.4 is 10.1 Å². The number of ether oxygens (including phenoxy) is 1. The van der Waals surface area contributed by atoms with Gasteiger partial charge in [-0.2, -0.15) is 0 Å². The molecule has 0 saturated carbocycles. The highest BCUT2D eigenvalue weighted by Gasteiger charge is 2.56. The van der Waals surface area contributed by atoms with Crippen molar-refractivity contribution in [3.63, 3.8) is 0 Å². The number of nitrogens with zero attached hydrogens (tertiary/aromatic N) is 1. The average Bonchev–Trinajstić information content (AvgIpc) is 2.99. The van der Waals surface area contributed by atoms with Crippen LogP contribution in [-0.2, 0) is 13.1 Å². The van der Waals surface area contributed by atoms with Crippen LogP contribution in [0.5, 0.6) is 5.75 Å².